The molecule has 1 rings (SSSR count). The van der Waals surface area contributed by atoms with Crippen LogP contribution in [0, 0.1) is 17.3 Å². The molecule has 74 valence electrons. The van der Waals surface area contributed by atoms with E-state index in [1.54, 1.807) is 13.8 Å². The lowest BCUT2D eigenvalue weighted by Crippen LogP contribution is -2.34. The standard InChI is InChI=1S/C9H14O4/c1-9(2)5(7(10)11)3-4-6(9)8(12)13/h5-6H,3-4H2,1-2H3,(H,10,11)(H,12,13). The minimum Gasteiger partial charge on any atom is -0.481 e. The Labute approximate surface area is 76.6 Å². The first-order valence-electron chi connectivity index (χ1n) is 4.33. The fourth-order valence-corrected chi connectivity index (χ4v) is 2.20. The normalized spacial score (nSPS) is 31.5. The zero-order chi connectivity index (χ0) is 10.2. The van der Waals surface area contributed by atoms with Crippen LogP contribution in [0.25, 0.3) is 0 Å². The summed E-state index contributed by atoms with van der Waals surface area (Å²) in [7, 11) is 0. The van der Waals surface area contributed by atoms with Crippen LogP contribution in [0.3, 0.4) is 0 Å². The van der Waals surface area contributed by atoms with Crippen molar-refractivity contribution < 1.29 is 19.8 Å². The van der Waals surface area contributed by atoms with E-state index < -0.39 is 29.2 Å². The molecule has 1 saturated carbocycles. The lowest BCUT2D eigenvalue weighted by Gasteiger charge is -2.27. The minimum absolute atomic E-state index is 0.472. The Morgan fingerprint density at radius 1 is 1.08 bits per heavy atom. The van der Waals surface area contributed by atoms with Crippen molar-refractivity contribution in [1.82, 2.24) is 0 Å². The summed E-state index contributed by atoms with van der Waals surface area (Å²) in [5, 5.41) is 17.7. The van der Waals surface area contributed by atoms with E-state index >= 15 is 0 Å². The number of hydrogen-bond acceptors (Lipinski definition) is 2. The van der Waals surface area contributed by atoms with Gasteiger partial charge < -0.3 is 10.2 Å². The molecule has 4 nitrogen and oxygen atoms in total. The molecule has 0 aromatic rings. The van der Waals surface area contributed by atoms with Gasteiger partial charge in [-0.05, 0) is 18.3 Å². The molecule has 1 aliphatic rings. The van der Waals surface area contributed by atoms with Gasteiger partial charge in [-0.25, -0.2) is 0 Å². The lowest BCUT2D eigenvalue weighted by atomic mass is 9.75. The maximum absolute atomic E-state index is 10.8. The molecule has 0 saturated heterocycles. The third-order valence-electron chi connectivity index (χ3n) is 3.14. The molecule has 0 aromatic carbocycles. The minimum atomic E-state index is -0.881. The van der Waals surface area contributed by atoms with Crippen LogP contribution in [-0.4, -0.2) is 22.2 Å². The van der Waals surface area contributed by atoms with Gasteiger partial charge in [-0.15, -0.1) is 0 Å². The highest BCUT2D eigenvalue weighted by atomic mass is 16.4. The van der Waals surface area contributed by atoms with Crippen LogP contribution in [0.15, 0.2) is 0 Å². The summed E-state index contributed by atoms with van der Waals surface area (Å²) in [4.78, 5) is 21.6. The number of carboxylic acid groups (broad SMARTS) is 2. The summed E-state index contributed by atoms with van der Waals surface area (Å²) >= 11 is 0. The molecule has 2 atom stereocenters. The molecule has 2 unspecified atom stereocenters. The third-order valence-corrected chi connectivity index (χ3v) is 3.14. The molecule has 4 heteroatoms. The Hall–Kier alpha value is -1.06. The van der Waals surface area contributed by atoms with Crippen LogP contribution in [0.1, 0.15) is 26.7 Å². The Bertz CT molecular complexity index is 220. The van der Waals surface area contributed by atoms with Crippen LogP contribution in [0.4, 0.5) is 0 Å². The van der Waals surface area contributed by atoms with Crippen LogP contribution in [0.5, 0.6) is 0 Å². The topological polar surface area (TPSA) is 74.6 Å². The summed E-state index contributed by atoms with van der Waals surface area (Å²) in [6, 6.07) is 0. The number of carboxylic acids is 2. The van der Waals surface area contributed by atoms with Gasteiger partial charge in [0.15, 0.2) is 0 Å². The highest BCUT2D eigenvalue weighted by Gasteiger charge is 2.49. The second kappa shape index (κ2) is 3.01. The fraction of sp³-hybridized carbons (Fsp3) is 0.778. The summed E-state index contributed by atoms with van der Waals surface area (Å²) < 4.78 is 0. The van der Waals surface area contributed by atoms with E-state index in [1.165, 1.54) is 0 Å². The second-order valence-corrected chi connectivity index (χ2v) is 4.18. The SMILES string of the molecule is CC1(C)C(C(=O)O)CCC1C(=O)O. The maximum atomic E-state index is 10.8. The zero-order valence-corrected chi connectivity index (χ0v) is 7.78. The van der Waals surface area contributed by atoms with Crippen molar-refractivity contribution in [3.8, 4) is 0 Å². The molecule has 0 bridgehead atoms. The number of carbonyl (C=O) groups is 2. The predicted octanol–water partition coefficient (Wildman–Crippen LogP) is 1.21. The molecule has 0 aliphatic heterocycles. The molecule has 0 radical (unpaired) electrons. The fourth-order valence-electron chi connectivity index (χ4n) is 2.20. The van der Waals surface area contributed by atoms with E-state index in [-0.39, 0.29) is 0 Å². The van der Waals surface area contributed by atoms with Crippen LogP contribution in [-0.2, 0) is 9.59 Å². The van der Waals surface area contributed by atoms with E-state index in [1.807, 2.05) is 0 Å². The van der Waals surface area contributed by atoms with Crippen molar-refractivity contribution in [2.45, 2.75) is 26.7 Å². The first-order chi connectivity index (χ1) is 5.87. The van der Waals surface area contributed by atoms with Crippen molar-refractivity contribution >= 4 is 11.9 Å². The van der Waals surface area contributed by atoms with Crippen molar-refractivity contribution in [2.75, 3.05) is 0 Å². The van der Waals surface area contributed by atoms with Crippen molar-refractivity contribution in [1.29, 1.82) is 0 Å². The Morgan fingerprint density at radius 3 is 1.54 bits per heavy atom. The van der Waals surface area contributed by atoms with E-state index in [2.05, 4.69) is 0 Å². The Balaban J connectivity index is 2.88. The van der Waals surface area contributed by atoms with Gasteiger partial charge in [0.05, 0.1) is 11.8 Å². The second-order valence-electron chi connectivity index (χ2n) is 4.18. The first kappa shape index (κ1) is 10.0. The van der Waals surface area contributed by atoms with Gasteiger partial charge in [0, 0.05) is 0 Å². The summed E-state index contributed by atoms with van der Waals surface area (Å²) in [6.45, 7) is 3.44. The molecular weight excluding hydrogens is 172 g/mol. The van der Waals surface area contributed by atoms with Crippen LogP contribution in [0.2, 0.25) is 0 Å². The van der Waals surface area contributed by atoms with Gasteiger partial charge in [-0.2, -0.15) is 0 Å². The quantitative estimate of drug-likeness (QED) is 0.679. The Kier molecular flexibility index (Phi) is 2.32. The molecule has 0 spiro atoms. The van der Waals surface area contributed by atoms with Gasteiger partial charge in [-0.1, -0.05) is 13.8 Å². The molecule has 2 N–H and O–H groups in total. The highest BCUT2D eigenvalue weighted by Crippen LogP contribution is 2.47. The molecule has 13 heavy (non-hydrogen) atoms. The Morgan fingerprint density at radius 2 is 1.38 bits per heavy atom. The molecule has 0 aromatic heterocycles. The van der Waals surface area contributed by atoms with Gasteiger partial charge >= 0.3 is 11.9 Å². The van der Waals surface area contributed by atoms with E-state index in [0.717, 1.165) is 0 Å². The molecule has 1 fully saturated rings. The zero-order valence-electron chi connectivity index (χ0n) is 7.78. The average Bonchev–Trinajstić information content (AvgIpc) is 2.24. The summed E-state index contributed by atoms with van der Waals surface area (Å²) in [5.41, 5.74) is -0.627. The van der Waals surface area contributed by atoms with Crippen molar-refractivity contribution in [3.05, 3.63) is 0 Å². The number of rotatable bonds is 2. The maximum Gasteiger partial charge on any atom is 0.307 e. The molecular formula is C9H14O4. The molecule has 1 aliphatic carbocycles. The molecule has 0 heterocycles. The number of hydrogen-bond donors (Lipinski definition) is 2. The summed E-state index contributed by atoms with van der Waals surface area (Å²) in [5.74, 6) is -2.80. The van der Waals surface area contributed by atoms with E-state index in [0.29, 0.717) is 12.8 Å². The van der Waals surface area contributed by atoms with E-state index in [4.69, 9.17) is 10.2 Å². The van der Waals surface area contributed by atoms with Crippen LogP contribution < -0.4 is 0 Å². The lowest BCUT2D eigenvalue weighted by molar-refractivity contribution is -0.149. The van der Waals surface area contributed by atoms with Gasteiger partial charge in [0.25, 0.3) is 0 Å². The van der Waals surface area contributed by atoms with Gasteiger partial charge in [0.2, 0.25) is 0 Å². The highest BCUT2D eigenvalue weighted by molar-refractivity contribution is 5.77. The first-order valence-corrected chi connectivity index (χ1v) is 4.33. The van der Waals surface area contributed by atoms with Crippen molar-refractivity contribution in [2.24, 2.45) is 17.3 Å². The monoisotopic (exact) mass is 186 g/mol. The third kappa shape index (κ3) is 1.53. The molecule has 0 amide bonds. The predicted molar refractivity (Wildman–Crippen MR) is 45.3 cm³/mol. The average molecular weight is 186 g/mol. The van der Waals surface area contributed by atoms with Gasteiger partial charge in [-0.3, -0.25) is 9.59 Å². The largest absolute Gasteiger partial charge is 0.481 e. The van der Waals surface area contributed by atoms with E-state index in [9.17, 15) is 9.59 Å². The van der Waals surface area contributed by atoms with Crippen molar-refractivity contribution in [3.63, 3.8) is 0 Å². The number of aliphatic carboxylic acids is 2. The van der Waals surface area contributed by atoms with Crippen LogP contribution >= 0.6 is 0 Å². The summed E-state index contributed by atoms with van der Waals surface area (Å²) in [6.07, 6.45) is 0.943. The smallest absolute Gasteiger partial charge is 0.307 e. The van der Waals surface area contributed by atoms with Gasteiger partial charge in [0.1, 0.15) is 0 Å².